The van der Waals surface area contributed by atoms with Gasteiger partial charge in [0, 0.05) is 39.5 Å². The van der Waals surface area contributed by atoms with Crippen molar-refractivity contribution in [2.45, 2.75) is 37.8 Å². The van der Waals surface area contributed by atoms with Crippen molar-refractivity contribution >= 4 is 17.7 Å². The fourth-order valence-electron chi connectivity index (χ4n) is 3.26. The summed E-state index contributed by atoms with van der Waals surface area (Å²) < 4.78 is 0. The van der Waals surface area contributed by atoms with Gasteiger partial charge in [-0.15, -0.1) is 0 Å². The molecular weight excluding hydrogens is 246 g/mol. The zero-order valence-electron chi connectivity index (χ0n) is 11.2. The van der Waals surface area contributed by atoms with E-state index >= 15 is 0 Å². The molecule has 1 unspecified atom stereocenters. The van der Waals surface area contributed by atoms with Crippen LogP contribution in [0, 0.1) is 0 Å². The molecular formula is C13H19N3O3. The van der Waals surface area contributed by atoms with E-state index in [-0.39, 0.29) is 29.8 Å². The molecule has 3 fully saturated rings. The number of hydrogen-bond acceptors (Lipinski definition) is 4. The van der Waals surface area contributed by atoms with Crippen molar-refractivity contribution in [2.75, 3.05) is 26.7 Å². The van der Waals surface area contributed by atoms with Crippen LogP contribution in [-0.2, 0) is 14.4 Å². The standard InChI is InChI=1S/C13H19N3O3/c1-14-6-2-3-10(13(14)19)15-7-9(8-15)16-11(17)4-5-12(16)18/h9-10H,2-8H2,1H3. The van der Waals surface area contributed by atoms with E-state index in [0.717, 1.165) is 19.4 Å². The van der Waals surface area contributed by atoms with Gasteiger partial charge in [0.05, 0.1) is 12.1 Å². The zero-order chi connectivity index (χ0) is 13.6. The second-order valence-corrected chi connectivity index (χ2v) is 5.68. The molecule has 0 aliphatic carbocycles. The summed E-state index contributed by atoms with van der Waals surface area (Å²) in [6, 6.07) is -0.0645. The Morgan fingerprint density at radius 3 is 2.32 bits per heavy atom. The topological polar surface area (TPSA) is 60.9 Å². The van der Waals surface area contributed by atoms with Crippen LogP contribution >= 0.6 is 0 Å². The summed E-state index contributed by atoms with van der Waals surface area (Å²) in [6.45, 7) is 2.14. The zero-order valence-corrected chi connectivity index (χ0v) is 11.2. The number of likely N-dealkylation sites (tertiary alicyclic amines) is 3. The summed E-state index contributed by atoms with van der Waals surface area (Å²) in [5.74, 6) is 0.0623. The Labute approximate surface area is 112 Å². The molecule has 3 saturated heterocycles. The number of nitrogens with zero attached hydrogens (tertiary/aromatic N) is 3. The molecule has 19 heavy (non-hydrogen) atoms. The lowest BCUT2D eigenvalue weighted by molar-refractivity contribution is -0.150. The average Bonchev–Trinajstić information content (AvgIpc) is 2.64. The molecule has 0 radical (unpaired) electrons. The van der Waals surface area contributed by atoms with Crippen molar-refractivity contribution in [1.29, 1.82) is 0 Å². The molecule has 3 rings (SSSR count). The van der Waals surface area contributed by atoms with E-state index in [1.54, 1.807) is 4.90 Å². The van der Waals surface area contributed by atoms with Gasteiger partial charge in [0.15, 0.2) is 0 Å². The van der Waals surface area contributed by atoms with Crippen LogP contribution in [0.2, 0.25) is 0 Å². The third kappa shape index (κ3) is 2.04. The molecule has 1 atom stereocenters. The maximum atomic E-state index is 12.1. The van der Waals surface area contributed by atoms with E-state index < -0.39 is 0 Å². The SMILES string of the molecule is CN1CCCC(N2CC(N3C(=O)CCC3=O)C2)C1=O. The number of imide groups is 1. The number of likely N-dealkylation sites (N-methyl/N-ethyl adjacent to an activating group) is 1. The lowest BCUT2D eigenvalue weighted by atomic mass is 9.97. The van der Waals surface area contributed by atoms with Crippen LogP contribution in [0.1, 0.15) is 25.7 Å². The quantitative estimate of drug-likeness (QED) is 0.628. The summed E-state index contributed by atoms with van der Waals surface area (Å²) in [5, 5.41) is 0. The van der Waals surface area contributed by atoms with E-state index in [2.05, 4.69) is 4.90 Å². The van der Waals surface area contributed by atoms with Crippen molar-refractivity contribution in [1.82, 2.24) is 14.7 Å². The summed E-state index contributed by atoms with van der Waals surface area (Å²) in [4.78, 5) is 40.6. The Morgan fingerprint density at radius 2 is 1.68 bits per heavy atom. The molecule has 0 aromatic carbocycles. The average molecular weight is 265 g/mol. The number of piperidine rings is 1. The molecule has 6 heteroatoms. The van der Waals surface area contributed by atoms with Crippen LogP contribution in [0.3, 0.4) is 0 Å². The summed E-state index contributed by atoms with van der Waals surface area (Å²) in [5.41, 5.74) is 0. The lowest BCUT2D eigenvalue weighted by Crippen LogP contribution is -2.66. The maximum Gasteiger partial charge on any atom is 0.239 e. The first kappa shape index (κ1) is 12.6. The summed E-state index contributed by atoms with van der Waals surface area (Å²) in [6.07, 6.45) is 2.61. The highest BCUT2D eigenvalue weighted by molar-refractivity contribution is 6.02. The maximum absolute atomic E-state index is 12.1. The van der Waals surface area contributed by atoms with Crippen LogP contribution in [0.15, 0.2) is 0 Å². The molecule has 0 bridgehead atoms. The van der Waals surface area contributed by atoms with Gasteiger partial charge in [-0.05, 0) is 12.8 Å². The van der Waals surface area contributed by atoms with Crippen LogP contribution in [0.5, 0.6) is 0 Å². The first-order valence-electron chi connectivity index (χ1n) is 6.92. The van der Waals surface area contributed by atoms with Gasteiger partial charge < -0.3 is 4.90 Å². The number of amides is 3. The minimum atomic E-state index is -0.0539. The van der Waals surface area contributed by atoms with Gasteiger partial charge in [0.25, 0.3) is 0 Å². The predicted molar refractivity (Wildman–Crippen MR) is 67.1 cm³/mol. The Morgan fingerprint density at radius 1 is 1.05 bits per heavy atom. The van der Waals surface area contributed by atoms with E-state index in [9.17, 15) is 14.4 Å². The van der Waals surface area contributed by atoms with Crippen LogP contribution in [0.25, 0.3) is 0 Å². The molecule has 3 aliphatic rings. The first-order chi connectivity index (χ1) is 9.08. The third-order valence-corrected chi connectivity index (χ3v) is 4.42. The molecule has 0 spiro atoms. The minimum absolute atomic E-state index is 0.0115. The molecule has 3 heterocycles. The van der Waals surface area contributed by atoms with Crippen LogP contribution in [0.4, 0.5) is 0 Å². The van der Waals surface area contributed by atoms with Crippen molar-refractivity contribution in [3.05, 3.63) is 0 Å². The van der Waals surface area contributed by atoms with Gasteiger partial charge >= 0.3 is 0 Å². The number of rotatable bonds is 2. The van der Waals surface area contributed by atoms with Crippen molar-refractivity contribution < 1.29 is 14.4 Å². The normalized spacial score (nSPS) is 30.2. The van der Waals surface area contributed by atoms with Gasteiger partial charge in [-0.1, -0.05) is 0 Å². The van der Waals surface area contributed by atoms with Crippen molar-refractivity contribution in [3.8, 4) is 0 Å². The van der Waals surface area contributed by atoms with Gasteiger partial charge in [0.1, 0.15) is 0 Å². The second-order valence-electron chi connectivity index (χ2n) is 5.68. The van der Waals surface area contributed by atoms with Crippen LogP contribution in [-0.4, -0.2) is 71.2 Å². The molecule has 0 aromatic heterocycles. The van der Waals surface area contributed by atoms with E-state index in [0.29, 0.717) is 25.9 Å². The van der Waals surface area contributed by atoms with Gasteiger partial charge in [-0.2, -0.15) is 0 Å². The van der Waals surface area contributed by atoms with E-state index in [1.165, 1.54) is 4.90 Å². The molecule has 0 N–H and O–H groups in total. The molecule has 0 saturated carbocycles. The molecule has 3 aliphatic heterocycles. The molecule has 104 valence electrons. The van der Waals surface area contributed by atoms with Crippen LogP contribution < -0.4 is 0 Å². The predicted octanol–water partition coefficient (Wildman–Crippen LogP) is -0.560. The fourth-order valence-corrected chi connectivity index (χ4v) is 3.26. The van der Waals surface area contributed by atoms with Crippen molar-refractivity contribution in [3.63, 3.8) is 0 Å². The highest BCUT2D eigenvalue weighted by atomic mass is 16.2. The lowest BCUT2D eigenvalue weighted by Gasteiger charge is -2.48. The molecule has 0 aromatic rings. The second kappa shape index (κ2) is 4.59. The third-order valence-electron chi connectivity index (χ3n) is 4.42. The minimum Gasteiger partial charge on any atom is -0.344 e. The largest absolute Gasteiger partial charge is 0.344 e. The molecule has 3 amide bonds. The Bertz CT molecular complexity index is 415. The summed E-state index contributed by atoms with van der Waals surface area (Å²) >= 11 is 0. The molecule has 6 nitrogen and oxygen atoms in total. The smallest absolute Gasteiger partial charge is 0.239 e. The highest BCUT2D eigenvalue weighted by Gasteiger charge is 2.45. The van der Waals surface area contributed by atoms with Gasteiger partial charge in [-0.3, -0.25) is 24.2 Å². The number of carbonyl (C=O) groups excluding carboxylic acids is 3. The van der Waals surface area contributed by atoms with Gasteiger partial charge in [0.2, 0.25) is 17.7 Å². The Balaban J connectivity index is 1.59. The van der Waals surface area contributed by atoms with Crippen molar-refractivity contribution in [2.24, 2.45) is 0 Å². The Hall–Kier alpha value is -1.43. The number of hydrogen-bond donors (Lipinski definition) is 0. The van der Waals surface area contributed by atoms with E-state index in [1.807, 2.05) is 7.05 Å². The Kier molecular flexibility index (Phi) is 3.05. The monoisotopic (exact) mass is 265 g/mol. The summed E-state index contributed by atoms with van der Waals surface area (Å²) in [7, 11) is 1.83. The fraction of sp³-hybridized carbons (Fsp3) is 0.769. The first-order valence-corrected chi connectivity index (χ1v) is 6.92. The van der Waals surface area contributed by atoms with Gasteiger partial charge in [-0.25, -0.2) is 0 Å². The number of carbonyl (C=O) groups is 3. The van der Waals surface area contributed by atoms with E-state index in [4.69, 9.17) is 0 Å². The highest BCUT2D eigenvalue weighted by Crippen LogP contribution is 2.27.